The van der Waals surface area contributed by atoms with Gasteiger partial charge < -0.3 is 14.9 Å². The summed E-state index contributed by atoms with van der Waals surface area (Å²) in [6.07, 6.45) is 4.42. The fraction of sp³-hybridized carbons (Fsp3) is 0.444. The SMILES string of the molecule is COc1ccc(Br)cc1C1NC(Cc2ccc(O)cc2)(C(=O)O)C2C(=O)N(C3CCCCC3)C(=O)C12. The molecule has 0 radical (unpaired) electrons. The number of nitrogens with zero attached hydrogens (tertiary/aromatic N) is 1. The molecule has 5 rings (SSSR count). The molecule has 2 saturated heterocycles. The van der Waals surface area contributed by atoms with E-state index in [1.54, 1.807) is 18.2 Å². The molecule has 0 spiro atoms. The van der Waals surface area contributed by atoms with Gasteiger partial charge in [0.05, 0.1) is 18.9 Å². The topological polar surface area (TPSA) is 116 Å². The molecule has 2 aromatic carbocycles. The quantitative estimate of drug-likeness (QED) is 0.463. The van der Waals surface area contributed by atoms with Crippen molar-refractivity contribution >= 4 is 33.7 Å². The zero-order chi connectivity index (χ0) is 25.6. The van der Waals surface area contributed by atoms with E-state index in [4.69, 9.17) is 4.74 Å². The number of phenols is 1. The lowest BCUT2D eigenvalue weighted by Crippen LogP contribution is -2.58. The summed E-state index contributed by atoms with van der Waals surface area (Å²) in [5, 5.41) is 23.6. The molecule has 2 amide bonds. The van der Waals surface area contributed by atoms with Gasteiger partial charge in [-0.1, -0.05) is 47.3 Å². The normalized spacial score (nSPS) is 28.4. The van der Waals surface area contributed by atoms with Crippen LogP contribution >= 0.6 is 15.9 Å². The molecule has 190 valence electrons. The number of benzene rings is 2. The first-order valence-electron chi connectivity index (χ1n) is 12.3. The Balaban J connectivity index is 1.64. The number of likely N-dealkylation sites (tertiary alicyclic amines) is 1. The van der Waals surface area contributed by atoms with Crippen LogP contribution in [-0.4, -0.2) is 51.6 Å². The highest BCUT2D eigenvalue weighted by molar-refractivity contribution is 9.10. The third-order valence-electron chi connectivity index (χ3n) is 7.96. The van der Waals surface area contributed by atoms with Crippen molar-refractivity contribution in [2.75, 3.05) is 7.11 Å². The summed E-state index contributed by atoms with van der Waals surface area (Å²) in [6, 6.07) is 10.7. The van der Waals surface area contributed by atoms with Crippen molar-refractivity contribution in [2.24, 2.45) is 11.8 Å². The van der Waals surface area contributed by atoms with E-state index < -0.39 is 35.3 Å². The summed E-state index contributed by atoms with van der Waals surface area (Å²) in [6.45, 7) is 0. The Morgan fingerprint density at radius 2 is 1.81 bits per heavy atom. The number of carboxylic acid groups (broad SMARTS) is 1. The minimum absolute atomic E-state index is 0.0197. The van der Waals surface area contributed by atoms with Gasteiger partial charge in [-0.2, -0.15) is 0 Å². The predicted molar refractivity (Wildman–Crippen MR) is 134 cm³/mol. The van der Waals surface area contributed by atoms with Crippen LogP contribution in [0.5, 0.6) is 11.5 Å². The lowest BCUT2D eigenvalue weighted by molar-refractivity contribution is -0.152. The van der Waals surface area contributed by atoms with E-state index in [1.807, 2.05) is 12.1 Å². The van der Waals surface area contributed by atoms with Crippen LogP contribution in [-0.2, 0) is 20.8 Å². The molecule has 1 aliphatic carbocycles. The number of nitrogens with one attached hydrogen (secondary N) is 1. The first-order valence-corrected chi connectivity index (χ1v) is 13.1. The van der Waals surface area contributed by atoms with E-state index in [9.17, 15) is 24.6 Å². The fourth-order valence-corrected chi connectivity index (χ4v) is 6.69. The monoisotopic (exact) mass is 556 g/mol. The van der Waals surface area contributed by atoms with Gasteiger partial charge in [0.15, 0.2) is 0 Å². The first kappa shape index (κ1) is 24.8. The number of aromatic hydroxyl groups is 1. The number of imide groups is 1. The Bertz CT molecular complexity index is 1200. The minimum atomic E-state index is -1.71. The number of rotatable bonds is 6. The highest BCUT2D eigenvalue weighted by Gasteiger charge is 2.69. The maximum atomic E-state index is 14.0. The van der Waals surface area contributed by atoms with Crippen LogP contribution in [0.2, 0.25) is 0 Å². The van der Waals surface area contributed by atoms with E-state index in [-0.39, 0.29) is 24.1 Å². The number of hydrogen-bond acceptors (Lipinski definition) is 6. The molecule has 1 saturated carbocycles. The number of fused-ring (bicyclic) bond motifs is 1. The zero-order valence-corrected chi connectivity index (χ0v) is 21.5. The van der Waals surface area contributed by atoms with Crippen molar-refractivity contribution in [1.82, 2.24) is 10.2 Å². The largest absolute Gasteiger partial charge is 0.508 e. The van der Waals surface area contributed by atoms with Gasteiger partial charge in [-0.25, -0.2) is 0 Å². The van der Waals surface area contributed by atoms with E-state index >= 15 is 0 Å². The number of carboxylic acids is 1. The maximum Gasteiger partial charge on any atom is 0.325 e. The lowest BCUT2D eigenvalue weighted by atomic mass is 9.76. The molecule has 4 unspecified atom stereocenters. The molecule has 3 fully saturated rings. The molecule has 4 atom stereocenters. The number of carbonyl (C=O) groups excluding carboxylic acids is 2. The molecular weight excluding hydrogens is 528 g/mol. The van der Waals surface area contributed by atoms with Gasteiger partial charge in [0.1, 0.15) is 17.0 Å². The minimum Gasteiger partial charge on any atom is -0.508 e. The molecule has 0 aromatic heterocycles. The van der Waals surface area contributed by atoms with Crippen molar-refractivity contribution in [3.8, 4) is 11.5 Å². The van der Waals surface area contributed by atoms with Crippen molar-refractivity contribution in [2.45, 2.75) is 56.1 Å². The van der Waals surface area contributed by atoms with E-state index in [2.05, 4.69) is 21.2 Å². The van der Waals surface area contributed by atoms with Crippen LogP contribution in [0.4, 0.5) is 0 Å². The number of methoxy groups -OCH3 is 1. The number of phenolic OH excluding ortho intramolecular Hbond substituents is 1. The highest BCUT2D eigenvalue weighted by atomic mass is 79.9. The number of ether oxygens (including phenoxy) is 1. The highest BCUT2D eigenvalue weighted by Crippen LogP contribution is 2.52. The summed E-state index contributed by atoms with van der Waals surface area (Å²) in [7, 11) is 1.52. The summed E-state index contributed by atoms with van der Waals surface area (Å²) >= 11 is 3.48. The summed E-state index contributed by atoms with van der Waals surface area (Å²) in [5.74, 6) is -3.30. The first-order chi connectivity index (χ1) is 17.3. The summed E-state index contributed by atoms with van der Waals surface area (Å²) < 4.78 is 6.33. The van der Waals surface area contributed by atoms with Gasteiger partial charge in [0.25, 0.3) is 0 Å². The lowest BCUT2D eigenvalue weighted by Gasteiger charge is -2.34. The van der Waals surface area contributed by atoms with Gasteiger partial charge in [-0.05, 0) is 48.7 Å². The molecule has 36 heavy (non-hydrogen) atoms. The Morgan fingerprint density at radius 1 is 1.11 bits per heavy atom. The van der Waals surface area contributed by atoms with Gasteiger partial charge >= 0.3 is 5.97 Å². The molecule has 2 heterocycles. The third kappa shape index (κ3) is 3.98. The van der Waals surface area contributed by atoms with Crippen molar-refractivity contribution < 1.29 is 29.3 Å². The van der Waals surface area contributed by atoms with Crippen LogP contribution in [0, 0.1) is 11.8 Å². The molecule has 2 aromatic rings. The second-order valence-electron chi connectivity index (χ2n) is 9.97. The van der Waals surface area contributed by atoms with Crippen LogP contribution in [0.1, 0.15) is 49.3 Å². The Labute approximate surface area is 217 Å². The maximum absolute atomic E-state index is 14.0. The zero-order valence-electron chi connectivity index (χ0n) is 19.9. The summed E-state index contributed by atoms with van der Waals surface area (Å²) in [4.78, 5) is 42.4. The molecule has 3 N–H and O–H groups in total. The van der Waals surface area contributed by atoms with Gasteiger partial charge in [-0.15, -0.1) is 0 Å². The Hall–Kier alpha value is -2.91. The van der Waals surface area contributed by atoms with Crippen molar-refractivity contribution in [1.29, 1.82) is 0 Å². The molecule has 0 bridgehead atoms. The number of carbonyl (C=O) groups is 3. The van der Waals surface area contributed by atoms with Gasteiger partial charge in [0, 0.05) is 28.5 Å². The molecule has 2 aliphatic heterocycles. The number of hydrogen-bond donors (Lipinski definition) is 3. The molecule has 8 nitrogen and oxygen atoms in total. The standard InChI is InChI=1S/C27H29BrN2O6/c1-36-20-12-9-16(28)13-19(20)23-21-22(25(33)30(24(21)32)17-5-3-2-4-6-17)27(29-23,26(34)35)14-15-7-10-18(31)11-8-15/h7-13,17,21-23,29,31H,2-6,14H2,1H3,(H,34,35). The molecule has 9 heteroatoms. The van der Waals surface area contributed by atoms with Crippen molar-refractivity contribution in [3.05, 3.63) is 58.1 Å². The average molecular weight is 557 g/mol. The Morgan fingerprint density at radius 3 is 2.44 bits per heavy atom. The van der Waals surface area contributed by atoms with E-state index in [1.165, 1.54) is 24.1 Å². The summed E-state index contributed by atoms with van der Waals surface area (Å²) in [5.41, 5.74) is -0.447. The van der Waals surface area contributed by atoms with Crippen LogP contribution in [0.25, 0.3) is 0 Å². The predicted octanol–water partition coefficient (Wildman–Crippen LogP) is 3.81. The van der Waals surface area contributed by atoms with Gasteiger partial charge in [0.2, 0.25) is 11.8 Å². The van der Waals surface area contributed by atoms with Gasteiger partial charge in [-0.3, -0.25) is 24.6 Å². The number of halogens is 1. The van der Waals surface area contributed by atoms with E-state index in [0.29, 0.717) is 16.9 Å². The Kier molecular flexibility index (Phi) is 6.55. The van der Waals surface area contributed by atoms with Crippen LogP contribution in [0.3, 0.4) is 0 Å². The second-order valence-corrected chi connectivity index (χ2v) is 10.9. The van der Waals surface area contributed by atoms with E-state index in [0.717, 1.165) is 36.6 Å². The smallest absolute Gasteiger partial charge is 0.325 e. The molecular formula is C27H29BrN2O6. The average Bonchev–Trinajstić information content (AvgIpc) is 3.35. The molecule has 3 aliphatic rings. The second kappa shape index (κ2) is 9.52. The number of aliphatic carboxylic acids is 1. The fourth-order valence-electron chi connectivity index (χ4n) is 6.31. The third-order valence-corrected chi connectivity index (χ3v) is 8.45. The van der Waals surface area contributed by atoms with Crippen LogP contribution < -0.4 is 10.1 Å². The van der Waals surface area contributed by atoms with Crippen molar-refractivity contribution in [3.63, 3.8) is 0 Å². The number of amides is 2. The van der Waals surface area contributed by atoms with Crippen LogP contribution in [0.15, 0.2) is 46.9 Å².